The van der Waals surface area contributed by atoms with Gasteiger partial charge in [-0.25, -0.2) is 0 Å². The van der Waals surface area contributed by atoms with Gasteiger partial charge >= 0.3 is 0 Å². The molecule has 0 aliphatic heterocycles. The highest BCUT2D eigenvalue weighted by atomic mass is 14.7. The van der Waals surface area contributed by atoms with E-state index in [1.807, 2.05) is 24.4 Å². The lowest BCUT2D eigenvalue weighted by molar-refractivity contribution is 1.43. The van der Waals surface area contributed by atoms with Gasteiger partial charge in [0.05, 0.1) is 0 Å². The minimum Gasteiger partial charge on any atom is -0.361 e. The molecule has 0 aliphatic carbocycles. The molecule has 1 N–H and O–H groups in total. The summed E-state index contributed by atoms with van der Waals surface area (Å²) in [7, 11) is 5.61. The van der Waals surface area contributed by atoms with E-state index in [1.54, 1.807) is 0 Å². The third-order valence-corrected chi connectivity index (χ3v) is 1.91. The second-order valence-corrected chi connectivity index (χ2v) is 2.78. The van der Waals surface area contributed by atoms with Gasteiger partial charge in [-0.15, -0.1) is 0 Å². The van der Waals surface area contributed by atoms with Crippen molar-refractivity contribution in [1.29, 1.82) is 0 Å². The van der Waals surface area contributed by atoms with Crippen LogP contribution in [0.2, 0.25) is 0 Å². The average molecular weight is 141 g/mol. The third-order valence-electron chi connectivity index (χ3n) is 1.91. The number of aryl methyl sites for hydroxylation is 1. The van der Waals surface area contributed by atoms with Crippen LogP contribution in [0.4, 0.5) is 0 Å². The van der Waals surface area contributed by atoms with Gasteiger partial charge in [0.2, 0.25) is 0 Å². The van der Waals surface area contributed by atoms with Crippen LogP contribution in [0.5, 0.6) is 0 Å². The third kappa shape index (κ3) is 0.948. The predicted molar refractivity (Wildman–Crippen MR) is 48.4 cm³/mol. The Hall–Kier alpha value is -1.18. The Balaban J connectivity index is 2.86. The van der Waals surface area contributed by atoms with Crippen LogP contribution in [0.3, 0.4) is 0 Å². The molecule has 0 amide bonds. The largest absolute Gasteiger partial charge is 0.361 e. The molecular formula is C9H8BN. The summed E-state index contributed by atoms with van der Waals surface area (Å²) in [5.41, 5.74) is 3.18. The maximum absolute atomic E-state index is 5.61. The van der Waals surface area contributed by atoms with Crippen LogP contribution in [0.25, 0.3) is 10.9 Å². The molecule has 1 nitrogen and oxygen atoms in total. The van der Waals surface area contributed by atoms with E-state index in [0.717, 1.165) is 11.0 Å². The van der Waals surface area contributed by atoms with Gasteiger partial charge in [-0.1, -0.05) is 17.6 Å². The molecule has 0 bridgehead atoms. The van der Waals surface area contributed by atoms with Crippen molar-refractivity contribution in [2.75, 3.05) is 0 Å². The molecule has 2 aromatic rings. The van der Waals surface area contributed by atoms with Crippen LogP contribution in [-0.2, 0) is 0 Å². The van der Waals surface area contributed by atoms with Crippen molar-refractivity contribution in [3.05, 3.63) is 30.0 Å². The maximum atomic E-state index is 5.61. The fraction of sp³-hybridized carbons (Fsp3) is 0.111. The molecule has 0 fully saturated rings. The number of aromatic amines is 1. The first kappa shape index (κ1) is 6.53. The number of hydrogen-bond acceptors (Lipinski definition) is 0. The zero-order valence-corrected chi connectivity index (χ0v) is 6.39. The number of H-pyrrole nitrogens is 1. The van der Waals surface area contributed by atoms with Crippen molar-refractivity contribution in [1.82, 2.24) is 4.98 Å². The smallest absolute Gasteiger partial charge is 0.113 e. The Kier molecular flexibility index (Phi) is 1.28. The minimum absolute atomic E-state index is 0.805. The van der Waals surface area contributed by atoms with Crippen molar-refractivity contribution < 1.29 is 0 Å². The minimum atomic E-state index is 0.805. The number of nitrogens with one attached hydrogen (secondary N) is 1. The van der Waals surface area contributed by atoms with Crippen molar-refractivity contribution in [3.63, 3.8) is 0 Å². The number of benzene rings is 1. The number of fused-ring (bicyclic) bond motifs is 1. The SMILES string of the molecule is [B]c1ccc2c(C)c[nH]c2c1. The van der Waals surface area contributed by atoms with Crippen molar-refractivity contribution in [3.8, 4) is 0 Å². The van der Waals surface area contributed by atoms with Crippen molar-refractivity contribution in [2.24, 2.45) is 0 Å². The summed E-state index contributed by atoms with van der Waals surface area (Å²) in [5.74, 6) is 0. The molecule has 1 aromatic carbocycles. The quantitative estimate of drug-likeness (QED) is 0.531. The Morgan fingerprint density at radius 2 is 2.18 bits per heavy atom. The summed E-state index contributed by atoms with van der Waals surface area (Å²) in [6.07, 6.45) is 1.99. The zero-order valence-electron chi connectivity index (χ0n) is 6.39. The van der Waals surface area contributed by atoms with Gasteiger partial charge in [-0.05, 0) is 18.6 Å². The van der Waals surface area contributed by atoms with E-state index in [-0.39, 0.29) is 0 Å². The van der Waals surface area contributed by atoms with Gasteiger partial charge in [-0.2, -0.15) is 0 Å². The van der Waals surface area contributed by atoms with Crippen LogP contribution in [-0.4, -0.2) is 12.8 Å². The van der Waals surface area contributed by atoms with Gasteiger partial charge in [0, 0.05) is 17.1 Å². The van der Waals surface area contributed by atoms with Gasteiger partial charge in [-0.3, -0.25) is 0 Å². The monoisotopic (exact) mass is 141 g/mol. The van der Waals surface area contributed by atoms with E-state index in [0.29, 0.717) is 0 Å². The van der Waals surface area contributed by atoms with E-state index < -0.39 is 0 Å². The molecule has 0 aliphatic rings. The molecule has 2 rings (SSSR count). The van der Waals surface area contributed by atoms with Crippen LogP contribution in [0.1, 0.15) is 5.56 Å². The molecule has 1 aromatic heterocycles. The summed E-state index contributed by atoms with van der Waals surface area (Å²) in [5, 5.41) is 1.25. The summed E-state index contributed by atoms with van der Waals surface area (Å²) in [4.78, 5) is 3.15. The molecule has 0 spiro atoms. The molecular weight excluding hydrogens is 133 g/mol. The molecule has 11 heavy (non-hydrogen) atoms. The van der Waals surface area contributed by atoms with E-state index in [1.165, 1.54) is 10.9 Å². The van der Waals surface area contributed by atoms with Crippen LogP contribution < -0.4 is 5.46 Å². The highest BCUT2D eigenvalue weighted by molar-refractivity contribution is 6.33. The molecule has 0 saturated heterocycles. The Morgan fingerprint density at radius 3 is 3.00 bits per heavy atom. The van der Waals surface area contributed by atoms with Crippen molar-refractivity contribution >= 4 is 24.2 Å². The fourth-order valence-corrected chi connectivity index (χ4v) is 1.29. The predicted octanol–water partition coefficient (Wildman–Crippen LogP) is 1.27. The van der Waals surface area contributed by atoms with Gasteiger partial charge in [0.25, 0.3) is 0 Å². The fourth-order valence-electron chi connectivity index (χ4n) is 1.29. The lowest BCUT2D eigenvalue weighted by atomic mass is 9.95. The Morgan fingerprint density at radius 1 is 1.36 bits per heavy atom. The first-order chi connectivity index (χ1) is 5.27. The molecule has 2 radical (unpaired) electrons. The standard InChI is InChI=1S/C9H8BN/c1-6-5-11-9-4-7(10)2-3-8(6)9/h2-5,11H,1H3. The average Bonchev–Trinajstić information content (AvgIpc) is 2.32. The molecule has 52 valence electrons. The lowest BCUT2D eigenvalue weighted by Crippen LogP contribution is -1.99. The number of rotatable bonds is 0. The van der Waals surface area contributed by atoms with Gasteiger partial charge in [0.15, 0.2) is 0 Å². The molecule has 0 saturated carbocycles. The molecule has 0 unspecified atom stereocenters. The van der Waals surface area contributed by atoms with Gasteiger partial charge in [0.1, 0.15) is 7.85 Å². The number of hydrogen-bond donors (Lipinski definition) is 1. The highest BCUT2D eigenvalue weighted by Crippen LogP contribution is 2.14. The van der Waals surface area contributed by atoms with Crippen LogP contribution >= 0.6 is 0 Å². The van der Waals surface area contributed by atoms with E-state index >= 15 is 0 Å². The second kappa shape index (κ2) is 2.16. The van der Waals surface area contributed by atoms with Gasteiger partial charge < -0.3 is 4.98 Å². The van der Waals surface area contributed by atoms with Crippen LogP contribution in [0.15, 0.2) is 24.4 Å². The summed E-state index contributed by atoms with van der Waals surface area (Å²) in [6, 6.07) is 5.90. The first-order valence-electron chi connectivity index (χ1n) is 3.60. The van der Waals surface area contributed by atoms with E-state index in [4.69, 9.17) is 7.85 Å². The van der Waals surface area contributed by atoms with E-state index in [9.17, 15) is 0 Å². The van der Waals surface area contributed by atoms with Crippen molar-refractivity contribution in [2.45, 2.75) is 6.92 Å². The summed E-state index contributed by atoms with van der Waals surface area (Å²) < 4.78 is 0. The molecule has 0 atom stereocenters. The first-order valence-corrected chi connectivity index (χ1v) is 3.60. The topological polar surface area (TPSA) is 15.8 Å². The molecule has 1 heterocycles. The summed E-state index contributed by atoms with van der Waals surface area (Å²) >= 11 is 0. The Labute approximate surface area is 66.8 Å². The number of aromatic nitrogens is 1. The summed E-state index contributed by atoms with van der Waals surface area (Å²) in [6.45, 7) is 2.08. The maximum Gasteiger partial charge on any atom is 0.113 e. The second-order valence-electron chi connectivity index (χ2n) is 2.78. The van der Waals surface area contributed by atoms with E-state index in [2.05, 4.69) is 11.9 Å². The normalized spacial score (nSPS) is 10.6. The zero-order chi connectivity index (χ0) is 7.84. The lowest BCUT2D eigenvalue weighted by Gasteiger charge is -1.92. The molecule has 2 heteroatoms. The van der Waals surface area contributed by atoms with Crippen LogP contribution in [0, 0.1) is 6.92 Å². The Bertz CT molecular complexity index is 389. The highest BCUT2D eigenvalue weighted by Gasteiger charge is 1.96.